The van der Waals surface area contributed by atoms with Gasteiger partial charge < -0.3 is 20.7 Å². The van der Waals surface area contributed by atoms with E-state index in [9.17, 15) is 14.0 Å². The summed E-state index contributed by atoms with van der Waals surface area (Å²) in [4.78, 5) is 24.9. The maximum Gasteiger partial charge on any atom is 0.255 e. The first-order valence-corrected chi connectivity index (χ1v) is 9.22. The lowest BCUT2D eigenvalue weighted by Crippen LogP contribution is -2.53. The third-order valence-corrected chi connectivity index (χ3v) is 4.96. The molecule has 1 heterocycles. The Morgan fingerprint density at radius 3 is 2.48 bits per heavy atom. The Bertz CT molecular complexity index is 839. The van der Waals surface area contributed by atoms with Gasteiger partial charge in [-0.15, -0.1) is 12.4 Å². The van der Waals surface area contributed by atoms with E-state index >= 15 is 0 Å². The summed E-state index contributed by atoms with van der Waals surface area (Å²) < 4.78 is 18.5. The fourth-order valence-corrected chi connectivity index (χ4v) is 3.26. The van der Waals surface area contributed by atoms with Gasteiger partial charge in [0.05, 0.1) is 0 Å². The summed E-state index contributed by atoms with van der Waals surface area (Å²) in [6.45, 7) is 1.82. The number of halogens is 2. The molecule has 1 saturated heterocycles. The number of hydrogen-bond donors (Lipinski definition) is 3. The van der Waals surface area contributed by atoms with E-state index in [0.29, 0.717) is 30.6 Å². The summed E-state index contributed by atoms with van der Waals surface area (Å²) in [5, 5.41) is 8.94. The fourth-order valence-electron chi connectivity index (χ4n) is 3.26. The van der Waals surface area contributed by atoms with Crippen LogP contribution < -0.4 is 16.0 Å². The third kappa shape index (κ3) is 5.76. The van der Waals surface area contributed by atoms with Crippen LogP contribution in [-0.2, 0) is 16.1 Å². The molecule has 29 heavy (non-hydrogen) atoms. The summed E-state index contributed by atoms with van der Waals surface area (Å²) in [7, 11) is 1.57. The smallest absolute Gasteiger partial charge is 0.255 e. The zero-order valence-electron chi connectivity index (χ0n) is 16.2. The monoisotopic (exact) mass is 421 g/mol. The van der Waals surface area contributed by atoms with Crippen LogP contribution in [0.25, 0.3) is 0 Å². The van der Waals surface area contributed by atoms with E-state index in [-0.39, 0.29) is 24.2 Å². The number of amides is 2. The molecule has 0 spiro atoms. The molecule has 0 aliphatic carbocycles. The lowest BCUT2D eigenvalue weighted by molar-refractivity contribution is -0.146. The van der Waals surface area contributed by atoms with Crippen molar-refractivity contribution in [3.8, 4) is 0 Å². The molecule has 0 aromatic heterocycles. The van der Waals surface area contributed by atoms with E-state index in [1.807, 2.05) is 6.07 Å². The SMILES string of the molecule is COC1(C(=O)NCc2cccc(NC(=O)c3ccc(F)cc3)c2)CCNCC1.Cl. The topological polar surface area (TPSA) is 79.5 Å². The van der Waals surface area contributed by atoms with Crippen LogP contribution in [0.15, 0.2) is 48.5 Å². The normalized spacial score (nSPS) is 15.1. The van der Waals surface area contributed by atoms with Gasteiger partial charge in [-0.1, -0.05) is 12.1 Å². The molecule has 2 amide bonds. The Balaban J connectivity index is 0.00000300. The van der Waals surface area contributed by atoms with Crippen molar-refractivity contribution in [2.24, 2.45) is 0 Å². The average molecular weight is 422 g/mol. The van der Waals surface area contributed by atoms with Crippen molar-refractivity contribution in [3.05, 3.63) is 65.5 Å². The minimum Gasteiger partial charge on any atom is -0.368 e. The highest BCUT2D eigenvalue weighted by molar-refractivity contribution is 6.04. The zero-order valence-corrected chi connectivity index (χ0v) is 17.0. The molecule has 8 heteroatoms. The molecule has 1 aliphatic rings. The maximum absolute atomic E-state index is 13.0. The Morgan fingerprint density at radius 2 is 1.83 bits per heavy atom. The van der Waals surface area contributed by atoms with Gasteiger partial charge in [0.2, 0.25) is 0 Å². The molecule has 0 saturated carbocycles. The quantitative estimate of drug-likeness (QED) is 0.670. The summed E-state index contributed by atoms with van der Waals surface area (Å²) in [6.07, 6.45) is 1.26. The predicted octanol–water partition coefficient (Wildman–Crippen LogP) is 2.88. The van der Waals surface area contributed by atoms with Crippen molar-refractivity contribution in [2.75, 3.05) is 25.5 Å². The summed E-state index contributed by atoms with van der Waals surface area (Å²) >= 11 is 0. The Kier molecular flexibility index (Phi) is 8.13. The number of nitrogens with one attached hydrogen (secondary N) is 3. The number of ether oxygens (including phenoxy) is 1. The Morgan fingerprint density at radius 1 is 1.14 bits per heavy atom. The average Bonchev–Trinajstić information content (AvgIpc) is 2.73. The van der Waals surface area contributed by atoms with Crippen molar-refractivity contribution in [3.63, 3.8) is 0 Å². The number of anilines is 1. The highest BCUT2D eigenvalue weighted by atomic mass is 35.5. The predicted molar refractivity (Wildman–Crippen MR) is 112 cm³/mol. The zero-order chi connectivity index (χ0) is 20.0. The molecule has 0 radical (unpaired) electrons. The van der Waals surface area contributed by atoms with Crippen LogP contribution in [0.4, 0.5) is 10.1 Å². The van der Waals surface area contributed by atoms with Gasteiger partial charge in [-0.25, -0.2) is 4.39 Å². The first-order chi connectivity index (χ1) is 13.5. The lowest BCUT2D eigenvalue weighted by atomic mass is 9.91. The first kappa shape index (κ1) is 22.8. The van der Waals surface area contributed by atoms with Crippen LogP contribution in [0.5, 0.6) is 0 Å². The van der Waals surface area contributed by atoms with E-state index in [1.54, 1.807) is 25.3 Å². The van der Waals surface area contributed by atoms with E-state index in [1.165, 1.54) is 24.3 Å². The lowest BCUT2D eigenvalue weighted by Gasteiger charge is -2.34. The molecular formula is C21H25ClFN3O3. The highest BCUT2D eigenvalue weighted by Gasteiger charge is 2.39. The molecule has 2 aromatic rings. The Labute approximate surface area is 175 Å². The summed E-state index contributed by atoms with van der Waals surface area (Å²) in [6, 6.07) is 12.6. The molecule has 1 fully saturated rings. The number of benzene rings is 2. The van der Waals surface area contributed by atoms with Gasteiger partial charge in [0.25, 0.3) is 11.8 Å². The van der Waals surface area contributed by atoms with Crippen molar-refractivity contribution in [1.29, 1.82) is 0 Å². The van der Waals surface area contributed by atoms with Crippen molar-refractivity contribution < 1.29 is 18.7 Å². The summed E-state index contributed by atoms with van der Waals surface area (Å²) in [5.41, 5.74) is 1.03. The van der Waals surface area contributed by atoms with Crippen LogP contribution in [0, 0.1) is 5.82 Å². The van der Waals surface area contributed by atoms with Crippen LogP contribution in [0.3, 0.4) is 0 Å². The minimum absolute atomic E-state index is 0. The fraction of sp³-hybridized carbons (Fsp3) is 0.333. The molecular weight excluding hydrogens is 397 g/mol. The number of piperidine rings is 1. The number of rotatable bonds is 6. The third-order valence-electron chi connectivity index (χ3n) is 4.96. The maximum atomic E-state index is 13.0. The van der Waals surface area contributed by atoms with Crippen LogP contribution >= 0.6 is 12.4 Å². The van der Waals surface area contributed by atoms with Gasteiger partial charge in [0.15, 0.2) is 0 Å². The van der Waals surface area contributed by atoms with Gasteiger partial charge in [0, 0.05) is 24.9 Å². The number of carbonyl (C=O) groups is 2. The molecule has 1 aliphatic heterocycles. The van der Waals surface area contributed by atoms with Gasteiger partial charge in [-0.05, 0) is 67.9 Å². The second-order valence-corrected chi connectivity index (χ2v) is 6.79. The van der Waals surface area contributed by atoms with Gasteiger partial charge >= 0.3 is 0 Å². The van der Waals surface area contributed by atoms with E-state index < -0.39 is 11.4 Å². The van der Waals surface area contributed by atoms with Crippen molar-refractivity contribution >= 4 is 29.9 Å². The van der Waals surface area contributed by atoms with E-state index in [2.05, 4.69) is 16.0 Å². The number of methoxy groups -OCH3 is 1. The Hall–Kier alpha value is -2.48. The molecule has 0 bridgehead atoms. The molecule has 156 valence electrons. The summed E-state index contributed by atoms with van der Waals surface area (Å²) in [5.74, 6) is -0.844. The minimum atomic E-state index is -0.792. The van der Waals surface area contributed by atoms with E-state index in [0.717, 1.165) is 18.7 Å². The van der Waals surface area contributed by atoms with Gasteiger partial charge in [-0.3, -0.25) is 9.59 Å². The standard InChI is InChI=1S/C21H24FN3O3.ClH/c1-28-21(9-11-23-12-10-21)20(27)24-14-15-3-2-4-18(13-15)25-19(26)16-5-7-17(22)8-6-16;/h2-8,13,23H,9-12,14H2,1H3,(H,24,27)(H,25,26);1H. The number of carbonyl (C=O) groups excluding carboxylic acids is 2. The molecule has 0 unspecified atom stereocenters. The first-order valence-electron chi connectivity index (χ1n) is 9.22. The van der Waals surface area contributed by atoms with Crippen molar-refractivity contribution in [1.82, 2.24) is 10.6 Å². The molecule has 3 N–H and O–H groups in total. The van der Waals surface area contributed by atoms with Crippen LogP contribution in [-0.4, -0.2) is 37.6 Å². The number of hydrogen-bond acceptors (Lipinski definition) is 4. The molecule has 3 rings (SSSR count). The van der Waals surface area contributed by atoms with Crippen LogP contribution in [0.2, 0.25) is 0 Å². The second kappa shape index (κ2) is 10.3. The van der Waals surface area contributed by atoms with E-state index in [4.69, 9.17) is 4.74 Å². The largest absolute Gasteiger partial charge is 0.368 e. The van der Waals surface area contributed by atoms with Gasteiger partial charge in [-0.2, -0.15) is 0 Å². The van der Waals surface area contributed by atoms with Crippen LogP contribution in [0.1, 0.15) is 28.8 Å². The second-order valence-electron chi connectivity index (χ2n) is 6.79. The molecule has 6 nitrogen and oxygen atoms in total. The van der Waals surface area contributed by atoms with Crippen molar-refractivity contribution in [2.45, 2.75) is 25.0 Å². The van der Waals surface area contributed by atoms with Gasteiger partial charge in [0.1, 0.15) is 11.4 Å². The molecule has 2 aromatic carbocycles. The highest BCUT2D eigenvalue weighted by Crippen LogP contribution is 2.23. The molecule has 0 atom stereocenters.